The zero-order valence-electron chi connectivity index (χ0n) is 16.5. The molecule has 2 aliphatic heterocycles. The van der Waals surface area contributed by atoms with Crippen molar-refractivity contribution in [1.82, 2.24) is 4.90 Å². The van der Waals surface area contributed by atoms with Crippen molar-refractivity contribution in [2.24, 2.45) is 16.8 Å². The van der Waals surface area contributed by atoms with Gasteiger partial charge in [-0.15, -0.1) is 0 Å². The first kappa shape index (κ1) is 20.3. The normalized spacial score (nSPS) is 21.6. The Hall–Kier alpha value is -2.41. The molecule has 0 spiro atoms. The number of nitrogens with zero attached hydrogens (tertiary/aromatic N) is 2. The zero-order valence-corrected chi connectivity index (χ0v) is 16.5. The second-order valence-electron chi connectivity index (χ2n) is 7.49. The zero-order chi connectivity index (χ0) is 20.1. The van der Waals surface area contributed by atoms with Crippen LogP contribution >= 0.6 is 0 Å². The Kier molecular flexibility index (Phi) is 6.67. The number of likely N-dealkylation sites (tertiary alicyclic amines) is 1. The molecule has 0 radical (unpaired) electrons. The predicted molar refractivity (Wildman–Crippen MR) is 105 cm³/mol. The summed E-state index contributed by atoms with van der Waals surface area (Å²) in [5.41, 5.74) is 3.33. The van der Waals surface area contributed by atoms with E-state index in [0.717, 1.165) is 30.0 Å². The van der Waals surface area contributed by atoms with Crippen LogP contribution in [0.15, 0.2) is 23.2 Å². The number of carbonyl (C=O) groups is 2. The lowest BCUT2D eigenvalue weighted by molar-refractivity contribution is -0.140. The van der Waals surface area contributed by atoms with Crippen LogP contribution in [0.25, 0.3) is 0 Å². The summed E-state index contributed by atoms with van der Waals surface area (Å²) in [6, 6.07) is 6.02. The maximum Gasteiger partial charge on any atom is 0.303 e. The minimum atomic E-state index is -0.789. The molecule has 3 rings (SSSR count). The van der Waals surface area contributed by atoms with Crippen molar-refractivity contribution in [3.05, 3.63) is 29.3 Å². The van der Waals surface area contributed by atoms with Gasteiger partial charge in [-0.25, -0.2) is 0 Å². The Morgan fingerprint density at radius 3 is 2.82 bits per heavy atom. The first-order valence-corrected chi connectivity index (χ1v) is 9.71. The average Bonchev–Trinajstić information content (AvgIpc) is 2.68. The molecule has 0 aromatic heterocycles. The molecular formula is C21H28N2O5. The van der Waals surface area contributed by atoms with Crippen LogP contribution in [0.1, 0.15) is 30.4 Å². The van der Waals surface area contributed by atoms with Gasteiger partial charge in [0, 0.05) is 38.9 Å². The third-order valence-corrected chi connectivity index (χ3v) is 5.71. The van der Waals surface area contributed by atoms with Crippen molar-refractivity contribution < 1.29 is 24.2 Å². The summed E-state index contributed by atoms with van der Waals surface area (Å²) in [7, 11) is 3.16. The van der Waals surface area contributed by atoms with Gasteiger partial charge in [0.05, 0.1) is 7.11 Å². The molecule has 1 N–H and O–H groups in total. The van der Waals surface area contributed by atoms with Crippen LogP contribution in [0.2, 0.25) is 0 Å². The number of fused-ring (bicyclic) bond motifs is 1. The molecule has 7 heteroatoms. The number of hydrogen-bond donors (Lipinski definition) is 1. The minimum Gasteiger partial charge on any atom is -0.497 e. The summed E-state index contributed by atoms with van der Waals surface area (Å²) in [5.74, 6) is 0.102. The van der Waals surface area contributed by atoms with Crippen LogP contribution in [0.4, 0.5) is 0 Å². The molecule has 1 aromatic carbocycles. The third-order valence-electron chi connectivity index (χ3n) is 5.71. The summed E-state index contributed by atoms with van der Waals surface area (Å²) >= 11 is 0. The molecule has 7 nitrogen and oxygen atoms in total. The number of ether oxygens (including phenoxy) is 2. The van der Waals surface area contributed by atoms with E-state index < -0.39 is 5.97 Å². The molecule has 28 heavy (non-hydrogen) atoms. The van der Waals surface area contributed by atoms with E-state index in [0.29, 0.717) is 25.9 Å². The van der Waals surface area contributed by atoms with Gasteiger partial charge >= 0.3 is 5.97 Å². The van der Waals surface area contributed by atoms with E-state index in [1.54, 1.807) is 12.0 Å². The second kappa shape index (κ2) is 9.19. The fourth-order valence-electron chi connectivity index (χ4n) is 4.25. The Morgan fingerprint density at radius 2 is 2.11 bits per heavy atom. The van der Waals surface area contributed by atoms with E-state index in [4.69, 9.17) is 14.5 Å². The fourth-order valence-corrected chi connectivity index (χ4v) is 4.25. The molecule has 2 unspecified atom stereocenters. The highest BCUT2D eigenvalue weighted by atomic mass is 16.5. The van der Waals surface area contributed by atoms with Gasteiger partial charge in [-0.3, -0.25) is 14.6 Å². The molecule has 2 heterocycles. The maximum absolute atomic E-state index is 12.3. The lowest BCUT2D eigenvalue weighted by Gasteiger charge is -2.38. The monoisotopic (exact) mass is 388 g/mol. The molecule has 0 aliphatic carbocycles. The number of rotatable bonds is 7. The van der Waals surface area contributed by atoms with Gasteiger partial charge in [-0.2, -0.15) is 0 Å². The first-order chi connectivity index (χ1) is 13.5. The number of carboxylic acid groups (broad SMARTS) is 1. The Bertz CT molecular complexity index is 761. The fraction of sp³-hybridized carbons (Fsp3) is 0.571. The van der Waals surface area contributed by atoms with Crippen molar-refractivity contribution in [2.75, 3.05) is 40.5 Å². The number of methoxy groups -OCH3 is 2. The average molecular weight is 388 g/mol. The van der Waals surface area contributed by atoms with Crippen LogP contribution < -0.4 is 4.74 Å². The van der Waals surface area contributed by atoms with E-state index in [2.05, 4.69) is 0 Å². The first-order valence-electron chi connectivity index (χ1n) is 9.71. The van der Waals surface area contributed by atoms with Gasteiger partial charge in [-0.05, 0) is 60.4 Å². The van der Waals surface area contributed by atoms with Crippen LogP contribution in [-0.2, 0) is 20.7 Å². The number of aliphatic carboxylic acids is 1. The second-order valence-corrected chi connectivity index (χ2v) is 7.49. The summed E-state index contributed by atoms with van der Waals surface area (Å²) in [6.07, 6.45) is 2.36. The minimum absolute atomic E-state index is 0.0374. The lowest BCUT2D eigenvalue weighted by atomic mass is 9.78. The van der Waals surface area contributed by atoms with E-state index >= 15 is 0 Å². The SMILES string of the molecule is COCC(=O)N1CCC(CC(=O)O)C(CC2=NCCc3cc(OC)ccc32)C1. The van der Waals surface area contributed by atoms with Crippen LogP contribution in [0, 0.1) is 11.8 Å². The Morgan fingerprint density at radius 1 is 1.29 bits per heavy atom. The number of aliphatic imine (C=N–C) groups is 1. The predicted octanol–water partition coefficient (Wildman–Crippen LogP) is 2.02. The van der Waals surface area contributed by atoms with Crippen LogP contribution in [0.3, 0.4) is 0 Å². The van der Waals surface area contributed by atoms with Crippen molar-refractivity contribution in [2.45, 2.75) is 25.7 Å². The highest BCUT2D eigenvalue weighted by molar-refractivity contribution is 6.03. The van der Waals surface area contributed by atoms with Crippen molar-refractivity contribution >= 4 is 17.6 Å². The van der Waals surface area contributed by atoms with Crippen LogP contribution in [-0.4, -0.2) is 68.1 Å². The number of benzene rings is 1. The molecule has 152 valence electrons. The largest absolute Gasteiger partial charge is 0.497 e. The topological polar surface area (TPSA) is 88.4 Å². The standard InChI is InChI=1S/C21H28N2O5/c1-27-13-20(24)23-8-6-14(11-21(25)26)16(12-23)10-19-18-4-3-17(28-2)9-15(18)5-7-22-19/h3-4,9,14,16H,5-8,10-13H2,1-2H3,(H,25,26). The van der Waals surface area contributed by atoms with Crippen molar-refractivity contribution in [1.29, 1.82) is 0 Å². The van der Waals surface area contributed by atoms with Gasteiger partial charge in [-0.1, -0.05) is 0 Å². The van der Waals surface area contributed by atoms with Crippen molar-refractivity contribution in [3.63, 3.8) is 0 Å². The Balaban J connectivity index is 1.79. The van der Waals surface area contributed by atoms with Gasteiger partial charge in [0.15, 0.2) is 0 Å². The van der Waals surface area contributed by atoms with Gasteiger partial charge in [0.2, 0.25) is 5.91 Å². The number of hydrogen-bond acceptors (Lipinski definition) is 5. The van der Waals surface area contributed by atoms with Gasteiger partial charge in [0.1, 0.15) is 12.4 Å². The molecule has 1 fully saturated rings. The van der Waals surface area contributed by atoms with Crippen LogP contribution in [0.5, 0.6) is 5.75 Å². The molecule has 1 aromatic rings. The highest BCUT2D eigenvalue weighted by Crippen LogP contribution is 2.32. The van der Waals surface area contributed by atoms with E-state index in [9.17, 15) is 14.7 Å². The van der Waals surface area contributed by atoms with Gasteiger partial charge in [0.25, 0.3) is 0 Å². The number of amides is 1. The summed E-state index contributed by atoms with van der Waals surface area (Å²) < 4.78 is 10.3. The quantitative estimate of drug-likeness (QED) is 0.772. The summed E-state index contributed by atoms with van der Waals surface area (Å²) in [6.45, 7) is 1.90. The van der Waals surface area contributed by atoms with E-state index in [1.165, 1.54) is 12.7 Å². The van der Waals surface area contributed by atoms with E-state index in [1.807, 2.05) is 18.2 Å². The molecule has 0 saturated carbocycles. The molecule has 1 amide bonds. The number of piperidine rings is 1. The molecule has 2 atom stereocenters. The molecular weight excluding hydrogens is 360 g/mol. The Labute approximate surface area is 165 Å². The highest BCUT2D eigenvalue weighted by Gasteiger charge is 2.34. The van der Waals surface area contributed by atoms with Gasteiger partial charge < -0.3 is 19.5 Å². The number of carbonyl (C=O) groups excluding carboxylic acids is 1. The van der Waals surface area contributed by atoms with E-state index in [-0.39, 0.29) is 30.8 Å². The molecule has 1 saturated heterocycles. The van der Waals surface area contributed by atoms with Crippen molar-refractivity contribution in [3.8, 4) is 5.75 Å². The molecule has 2 aliphatic rings. The smallest absolute Gasteiger partial charge is 0.303 e. The maximum atomic E-state index is 12.3. The third kappa shape index (κ3) is 4.70. The summed E-state index contributed by atoms with van der Waals surface area (Å²) in [5, 5.41) is 9.32. The molecule has 0 bridgehead atoms. The summed E-state index contributed by atoms with van der Waals surface area (Å²) in [4.78, 5) is 30.2. The number of carboxylic acids is 1. The lowest BCUT2D eigenvalue weighted by Crippen LogP contribution is -2.46.